The largest absolute Gasteiger partial charge is 0.465 e. The lowest BCUT2D eigenvalue weighted by molar-refractivity contribution is 0.0600. The molecule has 0 bridgehead atoms. The van der Waals surface area contributed by atoms with Gasteiger partial charge in [-0.15, -0.1) is 0 Å². The third kappa shape index (κ3) is 4.51. The smallest absolute Gasteiger partial charge is 0.338 e. The van der Waals surface area contributed by atoms with Crippen LogP contribution in [-0.4, -0.2) is 27.7 Å². The van der Waals surface area contributed by atoms with E-state index in [1.165, 1.54) is 7.11 Å². The summed E-state index contributed by atoms with van der Waals surface area (Å²) in [6.07, 6.45) is 5.41. The molecule has 0 fully saturated rings. The van der Waals surface area contributed by atoms with Crippen LogP contribution in [0, 0.1) is 6.92 Å². The normalized spacial score (nSPS) is 10.3. The third-order valence-electron chi connectivity index (χ3n) is 4.18. The number of methoxy groups -OCH3 is 1. The van der Waals surface area contributed by atoms with Crippen LogP contribution in [0.15, 0.2) is 61.2 Å². The fraction of sp³-hybridized carbons (Fsp3) is 0.150. The molecule has 138 valence electrons. The fourth-order valence-corrected chi connectivity index (χ4v) is 2.83. The molecule has 0 aliphatic carbocycles. The van der Waals surface area contributed by atoms with Gasteiger partial charge in [-0.3, -0.25) is 0 Å². The lowest BCUT2D eigenvalue weighted by Crippen LogP contribution is -2.28. The minimum Gasteiger partial charge on any atom is -0.465 e. The van der Waals surface area contributed by atoms with Crippen molar-refractivity contribution in [2.45, 2.75) is 13.5 Å². The van der Waals surface area contributed by atoms with Crippen molar-refractivity contribution in [1.29, 1.82) is 0 Å². The summed E-state index contributed by atoms with van der Waals surface area (Å²) in [6, 6.07) is 13.5. The molecule has 0 radical (unpaired) electrons. The molecule has 3 aromatic rings. The number of rotatable bonds is 5. The summed E-state index contributed by atoms with van der Waals surface area (Å²) in [7, 11) is 1.37. The van der Waals surface area contributed by atoms with Gasteiger partial charge in [0.15, 0.2) is 5.11 Å². The summed E-state index contributed by atoms with van der Waals surface area (Å²) in [5.74, 6) is -0.368. The first-order valence-corrected chi connectivity index (χ1v) is 8.79. The van der Waals surface area contributed by atoms with E-state index in [9.17, 15) is 4.79 Å². The van der Waals surface area contributed by atoms with Crippen molar-refractivity contribution in [2.75, 3.05) is 12.4 Å². The summed E-state index contributed by atoms with van der Waals surface area (Å²) in [5.41, 5.74) is 4.22. The molecule has 1 aromatic heterocycles. The maximum atomic E-state index is 11.8. The van der Waals surface area contributed by atoms with E-state index in [0.717, 1.165) is 22.5 Å². The number of hydrogen-bond acceptors (Lipinski definition) is 4. The Bertz CT molecular complexity index is 937. The second-order valence-corrected chi connectivity index (χ2v) is 6.32. The van der Waals surface area contributed by atoms with Gasteiger partial charge in [-0.25, -0.2) is 9.78 Å². The maximum Gasteiger partial charge on any atom is 0.338 e. The summed E-state index contributed by atoms with van der Waals surface area (Å²) < 4.78 is 6.74. The van der Waals surface area contributed by atoms with Gasteiger partial charge >= 0.3 is 5.97 Å². The zero-order valence-electron chi connectivity index (χ0n) is 15.1. The minimum absolute atomic E-state index is 0.368. The highest BCUT2D eigenvalue weighted by Crippen LogP contribution is 2.19. The van der Waals surface area contributed by atoms with Crippen LogP contribution in [0.3, 0.4) is 0 Å². The lowest BCUT2D eigenvalue weighted by Gasteiger charge is -2.14. The van der Waals surface area contributed by atoms with Crippen LogP contribution in [0.5, 0.6) is 0 Å². The Hall–Kier alpha value is -3.19. The van der Waals surface area contributed by atoms with E-state index in [1.807, 2.05) is 48.0 Å². The molecule has 2 aromatic carbocycles. The molecule has 0 unspecified atom stereocenters. The zero-order chi connectivity index (χ0) is 19.2. The summed E-state index contributed by atoms with van der Waals surface area (Å²) in [5, 5.41) is 6.80. The Kier molecular flexibility index (Phi) is 5.83. The van der Waals surface area contributed by atoms with Gasteiger partial charge in [0.1, 0.15) is 0 Å². The predicted octanol–water partition coefficient (Wildman–Crippen LogP) is 3.45. The molecule has 6 nitrogen and oxygen atoms in total. The second kappa shape index (κ2) is 8.46. The van der Waals surface area contributed by atoms with Crippen molar-refractivity contribution in [3.63, 3.8) is 0 Å². The van der Waals surface area contributed by atoms with Crippen LogP contribution in [0.1, 0.15) is 21.5 Å². The topological polar surface area (TPSA) is 68.2 Å². The first-order chi connectivity index (χ1) is 13.1. The standard InChI is InChI=1S/C20H20N4O2S/c1-14-17(19(25)26-2)4-3-5-18(14)23-20(27)22-12-15-6-8-16(9-7-15)24-11-10-21-13-24/h3-11,13H,12H2,1-2H3,(H2,22,23,27). The number of esters is 1. The maximum absolute atomic E-state index is 11.8. The Balaban J connectivity index is 1.59. The van der Waals surface area contributed by atoms with Crippen LogP contribution >= 0.6 is 12.2 Å². The molecule has 0 spiro atoms. The van der Waals surface area contributed by atoms with E-state index in [4.69, 9.17) is 17.0 Å². The number of carbonyl (C=O) groups excluding carboxylic acids is 1. The SMILES string of the molecule is COC(=O)c1cccc(NC(=S)NCc2ccc(-n3ccnc3)cc2)c1C. The predicted molar refractivity (Wildman–Crippen MR) is 109 cm³/mol. The number of imidazole rings is 1. The number of ether oxygens (including phenoxy) is 1. The van der Waals surface area contributed by atoms with Crippen molar-refractivity contribution < 1.29 is 9.53 Å². The molecular weight excluding hydrogens is 360 g/mol. The van der Waals surface area contributed by atoms with Crippen LogP contribution in [0.2, 0.25) is 0 Å². The molecule has 0 aliphatic heterocycles. The number of nitrogens with one attached hydrogen (secondary N) is 2. The first-order valence-electron chi connectivity index (χ1n) is 8.38. The average Bonchev–Trinajstić information content (AvgIpc) is 3.22. The second-order valence-electron chi connectivity index (χ2n) is 5.91. The van der Waals surface area contributed by atoms with Gasteiger partial charge in [-0.05, 0) is 54.5 Å². The van der Waals surface area contributed by atoms with Gasteiger partial charge in [0.25, 0.3) is 0 Å². The van der Waals surface area contributed by atoms with Crippen LogP contribution in [0.25, 0.3) is 5.69 Å². The summed E-state index contributed by atoms with van der Waals surface area (Å²) >= 11 is 5.37. The van der Waals surface area contributed by atoms with E-state index in [1.54, 1.807) is 24.7 Å². The van der Waals surface area contributed by atoms with Crippen molar-refractivity contribution in [1.82, 2.24) is 14.9 Å². The lowest BCUT2D eigenvalue weighted by atomic mass is 10.1. The molecule has 0 saturated heterocycles. The summed E-state index contributed by atoms with van der Waals surface area (Å²) in [4.78, 5) is 15.8. The van der Waals surface area contributed by atoms with Crippen molar-refractivity contribution in [3.05, 3.63) is 77.9 Å². The molecular formula is C20H20N4O2S. The van der Waals surface area contributed by atoms with Gasteiger partial charge in [0.05, 0.1) is 19.0 Å². The van der Waals surface area contributed by atoms with E-state index >= 15 is 0 Å². The number of benzene rings is 2. The van der Waals surface area contributed by atoms with Gasteiger partial charge in [-0.2, -0.15) is 0 Å². The van der Waals surface area contributed by atoms with Crippen LogP contribution in [-0.2, 0) is 11.3 Å². The highest BCUT2D eigenvalue weighted by Gasteiger charge is 2.12. The number of anilines is 1. The Morgan fingerprint density at radius 3 is 2.67 bits per heavy atom. The molecule has 7 heteroatoms. The molecule has 0 aliphatic rings. The van der Waals surface area contributed by atoms with Gasteiger partial charge < -0.3 is 19.9 Å². The number of thiocarbonyl (C=S) groups is 1. The van der Waals surface area contributed by atoms with E-state index in [0.29, 0.717) is 17.2 Å². The molecule has 2 N–H and O–H groups in total. The third-order valence-corrected chi connectivity index (χ3v) is 4.43. The minimum atomic E-state index is -0.368. The Morgan fingerprint density at radius 2 is 2.00 bits per heavy atom. The van der Waals surface area contributed by atoms with E-state index in [2.05, 4.69) is 15.6 Å². The molecule has 3 rings (SSSR count). The highest BCUT2D eigenvalue weighted by molar-refractivity contribution is 7.80. The molecule has 0 atom stereocenters. The average molecular weight is 380 g/mol. The monoisotopic (exact) mass is 380 g/mol. The van der Waals surface area contributed by atoms with Crippen LogP contribution < -0.4 is 10.6 Å². The fourth-order valence-electron chi connectivity index (χ4n) is 2.65. The first kappa shape index (κ1) is 18.6. The van der Waals surface area contributed by atoms with Crippen molar-refractivity contribution in [2.24, 2.45) is 0 Å². The number of hydrogen-bond donors (Lipinski definition) is 2. The van der Waals surface area contributed by atoms with E-state index < -0.39 is 0 Å². The van der Waals surface area contributed by atoms with Gasteiger partial charge in [-0.1, -0.05) is 18.2 Å². The van der Waals surface area contributed by atoms with Gasteiger partial charge in [0, 0.05) is 30.3 Å². The van der Waals surface area contributed by atoms with Crippen LogP contribution in [0.4, 0.5) is 5.69 Å². The van der Waals surface area contributed by atoms with Crippen molar-refractivity contribution >= 4 is 29.0 Å². The van der Waals surface area contributed by atoms with Gasteiger partial charge in [0.2, 0.25) is 0 Å². The highest BCUT2D eigenvalue weighted by atomic mass is 32.1. The zero-order valence-corrected chi connectivity index (χ0v) is 15.9. The Morgan fingerprint density at radius 1 is 1.22 bits per heavy atom. The molecule has 0 saturated carbocycles. The number of aromatic nitrogens is 2. The quantitative estimate of drug-likeness (QED) is 0.522. The molecule has 0 amide bonds. The number of carbonyl (C=O) groups is 1. The summed E-state index contributed by atoms with van der Waals surface area (Å²) in [6.45, 7) is 2.44. The number of nitrogens with zero attached hydrogens (tertiary/aromatic N) is 2. The molecule has 27 heavy (non-hydrogen) atoms. The van der Waals surface area contributed by atoms with Crippen molar-refractivity contribution in [3.8, 4) is 5.69 Å². The Labute approximate surface area is 163 Å². The van der Waals surface area contributed by atoms with E-state index in [-0.39, 0.29) is 5.97 Å². The molecule has 1 heterocycles.